The zero-order valence-corrected chi connectivity index (χ0v) is 18.1. The maximum atomic E-state index is 12.8. The van der Waals surface area contributed by atoms with Gasteiger partial charge in [-0.2, -0.15) is 0 Å². The monoisotopic (exact) mass is 442 g/mol. The Hall–Kier alpha value is -2.09. The van der Waals surface area contributed by atoms with Crippen LogP contribution >= 0.6 is 34.5 Å². The molecule has 1 aromatic carbocycles. The van der Waals surface area contributed by atoms with Crippen molar-refractivity contribution < 1.29 is 19.1 Å². The molecule has 0 unspecified atom stereocenters. The Morgan fingerprint density at radius 1 is 1.18 bits per heavy atom. The molecule has 0 saturated carbocycles. The second-order valence-corrected chi connectivity index (χ2v) is 8.07. The lowest BCUT2D eigenvalue weighted by Gasteiger charge is -2.08. The van der Waals surface area contributed by atoms with Gasteiger partial charge < -0.3 is 15.4 Å². The van der Waals surface area contributed by atoms with Crippen LogP contribution in [0.2, 0.25) is 10.0 Å². The summed E-state index contributed by atoms with van der Waals surface area (Å²) in [5, 5.41) is 6.40. The van der Waals surface area contributed by atoms with Gasteiger partial charge in [0.2, 0.25) is 5.91 Å². The van der Waals surface area contributed by atoms with Gasteiger partial charge in [0.1, 0.15) is 5.00 Å². The van der Waals surface area contributed by atoms with Gasteiger partial charge >= 0.3 is 5.97 Å². The van der Waals surface area contributed by atoms with Crippen LogP contribution in [0.25, 0.3) is 0 Å². The van der Waals surface area contributed by atoms with Gasteiger partial charge in [0.25, 0.3) is 5.91 Å². The third kappa shape index (κ3) is 5.04. The van der Waals surface area contributed by atoms with Crippen LogP contribution in [0.4, 0.5) is 10.7 Å². The van der Waals surface area contributed by atoms with Gasteiger partial charge in [-0.15, -0.1) is 11.3 Å². The van der Waals surface area contributed by atoms with Gasteiger partial charge in [-0.05, 0) is 37.6 Å². The van der Waals surface area contributed by atoms with Gasteiger partial charge in [-0.1, -0.05) is 37.0 Å². The molecule has 0 atom stereocenters. The summed E-state index contributed by atoms with van der Waals surface area (Å²) in [5.74, 6) is -1.63. The number of thiophene rings is 1. The number of halogens is 2. The molecule has 0 aliphatic carbocycles. The van der Waals surface area contributed by atoms with Crippen molar-refractivity contribution in [1.29, 1.82) is 0 Å². The first-order valence-corrected chi connectivity index (χ1v) is 10.1. The van der Waals surface area contributed by atoms with Gasteiger partial charge in [-0.3, -0.25) is 9.59 Å². The lowest BCUT2D eigenvalue weighted by Crippen LogP contribution is -2.19. The van der Waals surface area contributed by atoms with Gasteiger partial charge in [0, 0.05) is 10.9 Å². The molecule has 0 fully saturated rings. The Kier molecular flexibility index (Phi) is 7.46. The average molecular weight is 443 g/mol. The molecular weight excluding hydrogens is 423 g/mol. The summed E-state index contributed by atoms with van der Waals surface area (Å²) in [7, 11) is 0. The molecule has 1 aromatic heterocycles. The van der Waals surface area contributed by atoms with Crippen LogP contribution < -0.4 is 10.6 Å². The molecule has 0 aliphatic heterocycles. The smallest absolute Gasteiger partial charge is 0.341 e. The quantitative estimate of drug-likeness (QED) is 0.587. The summed E-state index contributed by atoms with van der Waals surface area (Å²) in [6.07, 6.45) is 0. The van der Waals surface area contributed by atoms with Crippen molar-refractivity contribution in [2.75, 3.05) is 17.2 Å². The SMILES string of the molecule is CCOC(=O)c1c(NC(=O)C(C)C)sc(C(=O)Nc2cc(Cl)ccc2Cl)c1C. The first-order chi connectivity index (χ1) is 13.1. The molecule has 28 heavy (non-hydrogen) atoms. The number of anilines is 2. The van der Waals surface area contributed by atoms with Crippen molar-refractivity contribution in [3.63, 3.8) is 0 Å². The fourth-order valence-electron chi connectivity index (χ4n) is 2.30. The number of carbonyl (C=O) groups is 3. The normalized spacial score (nSPS) is 10.7. The summed E-state index contributed by atoms with van der Waals surface area (Å²) < 4.78 is 5.08. The highest BCUT2D eigenvalue weighted by Gasteiger charge is 2.27. The summed E-state index contributed by atoms with van der Waals surface area (Å²) in [4.78, 5) is 37.6. The second-order valence-electron chi connectivity index (χ2n) is 6.20. The van der Waals surface area contributed by atoms with E-state index in [0.717, 1.165) is 11.3 Å². The Morgan fingerprint density at radius 3 is 2.46 bits per heavy atom. The number of carbonyl (C=O) groups excluding carboxylic acids is 3. The number of nitrogens with one attached hydrogen (secondary N) is 2. The molecule has 2 aromatic rings. The fraction of sp³-hybridized carbons (Fsp3) is 0.316. The molecule has 150 valence electrons. The topological polar surface area (TPSA) is 84.5 Å². The molecule has 0 bridgehead atoms. The van der Waals surface area contributed by atoms with E-state index in [-0.39, 0.29) is 33.9 Å². The van der Waals surface area contributed by atoms with Crippen LogP contribution in [-0.4, -0.2) is 24.4 Å². The van der Waals surface area contributed by atoms with E-state index in [4.69, 9.17) is 27.9 Å². The predicted molar refractivity (Wildman–Crippen MR) is 113 cm³/mol. The highest BCUT2D eigenvalue weighted by atomic mass is 35.5. The van der Waals surface area contributed by atoms with Crippen LogP contribution in [0, 0.1) is 12.8 Å². The van der Waals surface area contributed by atoms with Crippen LogP contribution in [0.1, 0.15) is 46.4 Å². The van der Waals surface area contributed by atoms with E-state index in [2.05, 4.69) is 10.6 Å². The van der Waals surface area contributed by atoms with E-state index < -0.39 is 11.9 Å². The zero-order valence-electron chi connectivity index (χ0n) is 15.8. The Labute approximate surface area is 177 Å². The summed E-state index contributed by atoms with van der Waals surface area (Å²) in [6.45, 7) is 6.94. The second kappa shape index (κ2) is 9.41. The first-order valence-electron chi connectivity index (χ1n) is 8.53. The van der Waals surface area contributed by atoms with Crippen LogP contribution in [-0.2, 0) is 9.53 Å². The highest BCUT2D eigenvalue weighted by molar-refractivity contribution is 7.19. The molecule has 0 spiro atoms. The summed E-state index contributed by atoms with van der Waals surface area (Å²) in [5.41, 5.74) is 0.929. The van der Waals surface area contributed by atoms with Gasteiger partial charge in [-0.25, -0.2) is 4.79 Å². The maximum Gasteiger partial charge on any atom is 0.341 e. The number of amides is 2. The Bertz CT molecular complexity index is 925. The Morgan fingerprint density at radius 2 is 1.86 bits per heavy atom. The zero-order chi connectivity index (χ0) is 21.0. The third-order valence-corrected chi connectivity index (χ3v) is 5.54. The van der Waals surface area contributed by atoms with E-state index in [1.165, 1.54) is 6.07 Å². The number of benzene rings is 1. The van der Waals surface area contributed by atoms with E-state index in [1.54, 1.807) is 39.8 Å². The number of esters is 1. The van der Waals surface area contributed by atoms with E-state index in [1.807, 2.05) is 0 Å². The molecule has 2 rings (SSSR count). The highest BCUT2D eigenvalue weighted by Crippen LogP contribution is 2.35. The van der Waals surface area contributed by atoms with Crippen molar-refractivity contribution in [3.05, 3.63) is 44.2 Å². The molecule has 9 heteroatoms. The molecule has 2 amide bonds. The lowest BCUT2D eigenvalue weighted by molar-refractivity contribution is -0.118. The lowest BCUT2D eigenvalue weighted by atomic mass is 10.1. The van der Waals surface area contributed by atoms with Crippen LogP contribution in [0.5, 0.6) is 0 Å². The number of hydrogen-bond donors (Lipinski definition) is 2. The van der Waals surface area contributed by atoms with E-state index in [9.17, 15) is 14.4 Å². The minimum atomic E-state index is -0.602. The number of ether oxygens (including phenoxy) is 1. The van der Waals surface area contributed by atoms with Crippen LogP contribution in [0.3, 0.4) is 0 Å². The number of hydrogen-bond acceptors (Lipinski definition) is 5. The third-order valence-electron chi connectivity index (χ3n) is 3.77. The van der Waals surface area contributed by atoms with E-state index >= 15 is 0 Å². The molecule has 1 heterocycles. The fourth-order valence-corrected chi connectivity index (χ4v) is 3.73. The van der Waals surface area contributed by atoms with Crippen molar-refractivity contribution in [1.82, 2.24) is 0 Å². The average Bonchev–Trinajstić information content (AvgIpc) is 2.94. The largest absolute Gasteiger partial charge is 0.462 e. The van der Waals surface area contributed by atoms with Gasteiger partial charge in [0.15, 0.2) is 0 Å². The maximum absolute atomic E-state index is 12.8. The molecule has 0 saturated heterocycles. The standard InChI is InChI=1S/C19H20Cl2N2O4S/c1-5-27-19(26)14-10(4)15(28-18(14)23-16(24)9(2)3)17(25)22-13-8-11(20)6-7-12(13)21/h6-9H,5H2,1-4H3,(H,22,25)(H,23,24). The minimum absolute atomic E-state index is 0.170. The molecular formula is C19H20Cl2N2O4S. The Balaban J connectivity index is 2.43. The molecule has 2 N–H and O–H groups in total. The van der Waals surface area contributed by atoms with Crippen molar-refractivity contribution >= 4 is 63.0 Å². The predicted octanol–water partition coefficient (Wildman–Crippen LogP) is 5.39. The molecule has 6 nitrogen and oxygen atoms in total. The van der Waals surface area contributed by atoms with Gasteiger partial charge in [0.05, 0.1) is 27.8 Å². The summed E-state index contributed by atoms with van der Waals surface area (Å²) in [6, 6.07) is 4.70. The van der Waals surface area contributed by atoms with Crippen molar-refractivity contribution in [2.24, 2.45) is 5.92 Å². The van der Waals surface area contributed by atoms with Crippen LogP contribution in [0.15, 0.2) is 18.2 Å². The number of rotatable bonds is 6. The van der Waals surface area contributed by atoms with Crippen molar-refractivity contribution in [2.45, 2.75) is 27.7 Å². The summed E-state index contributed by atoms with van der Waals surface area (Å²) >= 11 is 13.1. The van der Waals surface area contributed by atoms with Crippen molar-refractivity contribution in [3.8, 4) is 0 Å². The first kappa shape index (κ1) is 22.2. The van der Waals surface area contributed by atoms with E-state index in [0.29, 0.717) is 21.3 Å². The molecule has 0 radical (unpaired) electrons. The molecule has 0 aliphatic rings. The minimum Gasteiger partial charge on any atom is -0.462 e.